The van der Waals surface area contributed by atoms with Crippen LogP contribution in [0, 0.1) is 47.3 Å². The highest BCUT2D eigenvalue weighted by Gasteiger charge is 2.82. The van der Waals surface area contributed by atoms with Gasteiger partial charge in [0, 0.05) is 23.7 Å². The highest BCUT2D eigenvalue weighted by atomic mass is 16.4. The Bertz CT molecular complexity index is 400. The summed E-state index contributed by atoms with van der Waals surface area (Å²) in [6, 6.07) is 0. The highest BCUT2D eigenvalue weighted by Crippen LogP contribution is 2.80. The van der Waals surface area contributed by atoms with Gasteiger partial charge in [0.05, 0.1) is 11.4 Å². The van der Waals surface area contributed by atoms with E-state index in [1.807, 2.05) is 0 Å². The Hall–Kier alpha value is -1.06. The van der Waals surface area contributed by atoms with Crippen LogP contribution in [0.5, 0.6) is 0 Å². The predicted molar refractivity (Wildman–Crippen MR) is 51.0 cm³/mol. The van der Waals surface area contributed by atoms with E-state index < -0.39 is 0 Å². The molecular weight excluding hydrogens is 192 g/mol. The summed E-state index contributed by atoms with van der Waals surface area (Å²) in [6.45, 7) is 0. The first-order valence-electron chi connectivity index (χ1n) is 5.82. The molecule has 5 aliphatic rings. The number of fused-ring (bicyclic) bond motifs is 2. The zero-order valence-electron chi connectivity index (χ0n) is 8.11. The molecule has 4 nitrogen and oxygen atoms in total. The van der Waals surface area contributed by atoms with Crippen LogP contribution in [-0.2, 0) is 0 Å². The third kappa shape index (κ3) is 0.446. The van der Waals surface area contributed by atoms with E-state index in [4.69, 9.17) is 10.4 Å². The molecule has 0 aromatic rings. The Morgan fingerprint density at radius 3 is 1.67 bits per heavy atom. The lowest BCUT2D eigenvalue weighted by atomic mass is 9.59. The van der Waals surface area contributed by atoms with E-state index in [9.17, 15) is 0 Å². The molecule has 5 fully saturated rings. The lowest BCUT2D eigenvalue weighted by Gasteiger charge is -2.44. The maximum atomic E-state index is 9.13. The molecule has 5 saturated carbocycles. The van der Waals surface area contributed by atoms with Gasteiger partial charge in [-0.3, -0.25) is 0 Å². The van der Waals surface area contributed by atoms with Gasteiger partial charge in [-0.15, -0.1) is 0 Å². The molecule has 0 aromatic heterocycles. The summed E-state index contributed by atoms with van der Waals surface area (Å²) in [5.74, 6) is 4.76. The molecule has 0 saturated heterocycles. The van der Waals surface area contributed by atoms with Crippen LogP contribution in [0.15, 0.2) is 10.3 Å². The molecule has 0 aliphatic heterocycles. The second kappa shape index (κ2) is 1.81. The molecule has 4 heteroatoms. The van der Waals surface area contributed by atoms with Crippen molar-refractivity contribution in [2.24, 2.45) is 57.7 Å². The fourth-order valence-corrected chi connectivity index (χ4v) is 6.13. The van der Waals surface area contributed by atoms with E-state index >= 15 is 0 Å². The van der Waals surface area contributed by atoms with Crippen LogP contribution in [0.4, 0.5) is 0 Å². The first-order chi connectivity index (χ1) is 7.38. The van der Waals surface area contributed by atoms with Gasteiger partial charge < -0.3 is 10.4 Å². The van der Waals surface area contributed by atoms with Gasteiger partial charge in [0.1, 0.15) is 0 Å². The zero-order valence-corrected chi connectivity index (χ0v) is 8.11. The minimum Gasteiger partial charge on any atom is -0.411 e. The van der Waals surface area contributed by atoms with Crippen LogP contribution in [-0.4, -0.2) is 21.8 Å². The minimum absolute atomic E-state index is 0.427. The molecule has 0 radical (unpaired) electrons. The number of rotatable bonds is 0. The minimum atomic E-state index is 0.427. The molecule has 0 heterocycles. The van der Waals surface area contributed by atoms with Gasteiger partial charge in [0.15, 0.2) is 0 Å². The van der Waals surface area contributed by atoms with E-state index in [0.717, 1.165) is 35.1 Å². The third-order valence-electron chi connectivity index (χ3n) is 6.10. The average molecular weight is 204 g/mol. The fourth-order valence-electron chi connectivity index (χ4n) is 6.13. The van der Waals surface area contributed by atoms with Gasteiger partial charge in [-0.05, 0) is 30.1 Å². The van der Waals surface area contributed by atoms with Gasteiger partial charge in [-0.1, -0.05) is 10.3 Å². The zero-order chi connectivity index (χ0) is 9.89. The smallest absolute Gasteiger partial charge is 0.0651 e. The number of hydrogen-bond acceptors (Lipinski definition) is 4. The van der Waals surface area contributed by atoms with Crippen molar-refractivity contribution in [2.75, 3.05) is 0 Å². The molecule has 8 atom stereocenters. The third-order valence-corrected chi connectivity index (χ3v) is 6.10. The van der Waals surface area contributed by atoms with Crippen LogP contribution in [0.3, 0.4) is 0 Å². The Kier molecular flexibility index (Phi) is 0.874. The Morgan fingerprint density at radius 2 is 1.27 bits per heavy atom. The summed E-state index contributed by atoms with van der Waals surface area (Å²) >= 11 is 0. The second-order valence-electron chi connectivity index (χ2n) is 5.87. The molecule has 0 spiro atoms. The number of nitrogens with zero attached hydrogens (tertiary/aromatic N) is 2. The summed E-state index contributed by atoms with van der Waals surface area (Å²) in [5, 5.41) is 25.4. The van der Waals surface area contributed by atoms with Gasteiger partial charge in [-0.25, -0.2) is 0 Å². The van der Waals surface area contributed by atoms with Gasteiger partial charge in [-0.2, -0.15) is 0 Å². The van der Waals surface area contributed by atoms with Crippen molar-refractivity contribution < 1.29 is 10.4 Å². The normalized spacial score (nSPS) is 71.2. The Morgan fingerprint density at radius 1 is 0.800 bits per heavy atom. The van der Waals surface area contributed by atoms with Crippen molar-refractivity contribution in [3.8, 4) is 0 Å². The Labute approximate surface area is 86.6 Å². The van der Waals surface area contributed by atoms with Crippen molar-refractivity contribution >= 4 is 11.4 Å². The van der Waals surface area contributed by atoms with E-state index in [1.165, 1.54) is 6.42 Å². The van der Waals surface area contributed by atoms with Crippen molar-refractivity contribution in [3.63, 3.8) is 0 Å². The van der Waals surface area contributed by atoms with E-state index in [-0.39, 0.29) is 0 Å². The molecule has 5 rings (SSSR count). The van der Waals surface area contributed by atoms with Crippen LogP contribution in [0.25, 0.3) is 0 Å². The second-order valence-corrected chi connectivity index (χ2v) is 5.87. The SMILES string of the molecule is ON=C1[C@@H]2[C@H]3C[C@H]4[C@@H]2C(=NO)[C@@H]2[C@@H]1[C@@H]3[C@H]42. The lowest BCUT2D eigenvalue weighted by Crippen LogP contribution is -2.48. The van der Waals surface area contributed by atoms with Crippen LogP contribution < -0.4 is 0 Å². The molecule has 5 aliphatic carbocycles. The van der Waals surface area contributed by atoms with Crippen LogP contribution in [0.1, 0.15) is 6.42 Å². The van der Waals surface area contributed by atoms with Crippen molar-refractivity contribution in [1.82, 2.24) is 0 Å². The summed E-state index contributed by atoms with van der Waals surface area (Å²) < 4.78 is 0. The summed E-state index contributed by atoms with van der Waals surface area (Å²) in [4.78, 5) is 0. The summed E-state index contributed by atoms with van der Waals surface area (Å²) in [6.07, 6.45) is 1.29. The van der Waals surface area contributed by atoms with E-state index in [1.54, 1.807) is 0 Å². The summed E-state index contributed by atoms with van der Waals surface area (Å²) in [5.41, 5.74) is 2.09. The van der Waals surface area contributed by atoms with E-state index in [0.29, 0.717) is 23.7 Å². The monoisotopic (exact) mass is 204 g/mol. The van der Waals surface area contributed by atoms with Crippen molar-refractivity contribution in [1.29, 1.82) is 0 Å². The maximum absolute atomic E-state index is 9.13. The van der Waals surface area contributed by atoms with Gasteiger partial charge in [0.25, 0.3) is 0 Å². The fraction of sp³-hybridized carbons (Fsp3) is 0.818. The predicted octanol–water partition coefficient (Wildman–Crippen LogP) is 1.03. The quantitative estimate of drug-likeness (QED) is 0.457. The standard InChI is InChI=1S/C11H12N2O2/c14-12-10-6-2-1-3-5-4(2)8(10)9(5)11(13-15)7(3)6/h2-9,14-15H,1H2/t2-,3+,4-,5-,6+,7-,8-,9-/m0/s1. The maximum Gasteiger partial charge on any atom is 0.0651 e. The molecule has 15 heavy (non-hydrogen) atoms. The first-order valence-corrected chi connectivity index (χ1v) is 5.82. The lowest BCUT2D eigenvalue weighted by molar-refractivity contribution is 0.0644. The van der Waals surface area contributed by atoms with Crippen molar-refractivity contribution in [3.05, 3.63) is 0 Å². The molecular formula is C11H12N2O2. The first kappa shape index (κ1) is 7.25. The average Bonchev–Trinajstić information content (AvgIpc) is 2.73. The van der Waals surface area contributed by atoms with Crippen molar-refractivity contribution in [2.45, 2.75) is 6.42 Å². The largest absolute Gasteiger partial charge is 0.411 e. The van der Waals surface area contributed by atoms with Gasteiger partial charge in [0.2, 0.25) is 0 Å². The molecule has 0 amide bonds. The topological polar surface area (TPSA) is 65.2 Å². The highest BCUT2D eigenvalue weighted by molar-refractivity contribution is 6.10. The summed E-state index contributed by atoms with van der Waals surface area (Å²) in [7, 11) is 0. The Balaban J connectivity index is 1.83. The molecule has 0 unspecified atom stereocenters. The molecule has 2 bridgehead atoms. The van der Waals surface area contributed by atoms with E-state index in [2.05, 4.69) is 10.3 Å². The number of oxime groups is 2. The molecule has 78 valence electrons. The molecule has 2 N–H and O–H groups in total. The van der Waals surface area contributed by atoms with Crippen LogP contribution >= 0.6 is 0 Å². The molecule has 0 aromatic carbocycles. The van der Waals surface area contributed by atoms with Crippen LogP contribution in [0.2, 0.25) is 0 Å². The number of hydrogen-bond donors (Lipinski definition) is 2. The van der Waals surface area contributed by atoms with Gasteiger partial charge >= 0.3 is 0 Å².